The fourth-order valence-electron chi connectivity index (χ4n) is 2.69. The van der Waals surface area contributed by atoms with E-state index in [1.54, 1.807) is 17.8 Å². The van der Waals surface area contributed by atoms with Crippen LogP contribution in [0.5, 0.6) is 0 Å². The quantitative estimate of drug-likeness (QED) is 0.579. The number of imidazole rings is 1. The van der Waals surface area contributed by atoms with Crippen molar-refractivity contribution < 1.29 is 5.11 Å². The van der Waals surface area contributed by atoms with Gasteiger partial charge in [0.05, 0.1) is 13.2 Å². The zero-order chi connectivity index (χ0) is 16.1. The molecule has 1 aliphatic rings. The van der Waals surface area contributed by atoms with Crippen LogP contribution in [-0.2, 0) is 13.6 Å². The monoisotopic (exact) mass is 334 g/mol. The first-order valence-corrected chi connectivity index (χ1v) is 7.77. The lowest BCUT2D eigenvalue weighted by molar-refractivity contribution is 0.275. The maximum absolute atomic E-state index is 12.4. The molecule has 0 fully saturated rings. The van der Waals surface area contributed by atoms with Gasteiger partial charge >= 0.3 is 5.69 Å². The maximum Gasteiger partial charge on any atom is 0.345 e. The third-order valence-corrected chi connectivity index (χ3v) is 4.48. The Labute approximate surface area is 133 Å². The first-order chi connectivity index (χ1) is 11.1. The number of hydrazine groups is 1. The van der Waals surface area contributed by atoms with Crippen molar-refractivity contribution in [3.05, 3.63) is 32.8 Å². The number of aromatic nitrogens is 5. The Hall–Kier alpha value is -2.50. The van der Waals surface area contributed by atoms with Crippen LogP contribution in [0.4, 0.5) is 5.82 Å². The average molecular weight is 334 g/mol. The summed E-state index contributed by atoms with van der Waals surface area (Å²) in [5, 5.41) is 13.2. The smallest absolute Gasteiger partial charge is 0.345 e. The van der Waals surface area contributed by atoms with Gasteiger partial charge in [-0.2, -0.15) is 4.98 Å². The third-order valence-electron chi connectivity index (χ3n) is 3.70. The SMILES string of the molecule is Cn1c(=O)n(CCO)c2nc3c(n21)C(c1nccs1)=NCN3N. The lowest BCUT2D eigenvalue weighted by Gasteiger charge is -2.20. The molecule has 0 aromatic carbocycles. The van der Waals surface area contributed by atoms with Crippen LogP contribution in [0, 0.1) is 0 Å². The molecule has 1 aliphatic heterocycles. The first kappa shape index (κ1) is 14.1. The molecule has 120 valence electrons. The van der Waals surface area contributed by atoms with Crippen LogP contribution in [0.15, 0.2) is 21.4 Å². The van der Waals surface area contributed by atoms with Crippen molar-refractivity contribution in [2.45, 2.75) is 6.54 Å². The van der Waals surface area contributed by atoms with Crippen LogP contribution in [0.25, 0.3) is 5.78 Å². The minimum Gasteiger partial charge on any atom is -0.395 e. The van der Waals surface area contributed by atoms with Gasteiger partial charge in [-0.25, -0.2) is 24.8 Å². The summed E-state index contributed by atoms with van der Waals surface area (Å²) in [7, 11) is 1.64. The van der Waals surface area contributed by atoms with Gasteiger partial charge < -0.3 is 5.11 Å². The van der Waals surface area contributed by atoms with Gasteiger partial charge in [0.15, 0.2) is 5.82 Å². The molecule has 0 unspecified atom stereocenters. The second-order valence-electron chi connectivity index (χ2n) is 5.03. The van der Waals surface area contributed by atoms with Crippen molar-refractivity contribution in [1.82, 2.24) is 23.7 Å². The predicted molar refractivity (Wildman–Crippen MR) is 84.8 cm³/mol. The fourth-order valence-corrected chi connectivity index (χ4v) is 3.34. The van der Waals surface area contributed by atoms with Crippen molar-refractivity contribution in [2.75, 3.05) is 18.3 Å². The number of aliphatic hydroxyl groups excluding tert-OH is 1. The molecular formula is C12H14N8O2S. The molecule has 0 radical (unpaired) electrons. The molecule has 0 aliphatic carbocycles. The molecule has 0 amide bonds. The number of aliphatic imine (C=N–C) groups is 1. The van der Waals surface area contributed by atoms with E-state index in [1.165, 1.54) is 25.6 Å². The summed E-state index contributed by atoms with van der Waals surface area (Å²) in [6, 6.07) is 0. The normalized spacial score (nSPS) is 14.4. The second-order valence-corrected chi connectivity index (χ2v) is 5.93. The van der Waals surface area contributed by atoms with Crippen molar-refractivity contribution >= 4 is 28.6 Å². The van der Waals surface area contributed by atoms with Gasteiger partial charge in [0.2, 0.25) is 5.78 Å². The van der Waals surface area contributed by atoms with E-state index >= 15 is 0 Å². The third kappa shape index (κ3) is 1.87. The zero-order valence-electron chi connectivity index (χ0n) is 12.2. The van der Waals surface area contributed by atoms with E-state index in [4.69, 9.17) is 5.84 Å². The zero-order valence-corrected chi connectivity index (χ0v) is 13.1. The highest BCUT2D eigenvalue weighted by atomic mass is 32.1. The Morgan fingerprint density at radius 3 is 3.00 bits per heavy atom. The van der Waals surface area contributed by atoms with E-state index in [0.717, 1.165) is 5.01 Å². The summed E-state index contributed by atoms with van der Waals surface area (Å²) < 4.78 is 4.50. The van der Waals surface area contributed by atoms with Gasteiger partial charge in [-0.3, -0.25) is 14.6 Å². The molecule has 3 aromatic rings. The van der Waals surface area contributed by atoms with Gasteiger partial charge in [-0.05, 0) is 0 Å². The number of anilines is 1. The lowest BCUT2D eigenvalue weighted by Crippen LogP contribution is -2.37. The Morgan fingerprint density at radius 2 is 2.30 bits per heavy atom. The predicted octanol–water partition coefficient (Wildman–Crippen LogP) is -1.23. The number of hydrogen-bond acceptors (Lipinski definition) is 8. The fraction of sp³-hybridized carbons (Fsp3) is 0.333. The highest BCUT2D eigenvalue weighted by Crippen LogP contribution is 2.27. The van der Waals surface area contributed by atoms with Crippen LogP contribution in [0.2, 0.25) is 0 Å². The van der Waals surface area contributed by atoms with E-state index in [2.05, 4.69) is 15.0 Å². The number of hydrogen-bond donors (Lipinski definition) is 2. The van der Waals surface area contributed by atoms with E-state index in [9.17, 15) is 9.90 Å². The Morgan fingerprint density at radius 1 is 1.48 bits per heavy atom. The summed E-state index contributed by atoms with van der Waals surface area (Å²) in [6.07, 6.45) is 1.70. The number of aliphatic hydroxyl groups is 1. The summed E-state index contributed by atoms with van der Waals surface area (Å²) >= 11 is 1.46. The van der Waals surface area contributed by atoms with E-state index in [1.807, 2.05) is 5.38 Å². The van der Waals surface area contributed by atoms with Gasteiger partial charge in [-0.15, -0.1) is 11.3 Å². The molecule has 10 nitrogen and oxygen atoms in total. The van der Waals surface area contributed by atoms with Gasteiger partial charge in [0.1, 0.15) is 23.1 Å². The largest absolute Gasteiger partial charge is 0.395 e. The summed E-state index contributed by atoms with van der Waals surface area (Å²) in [6.45, 7) is 0.264. The summed E-state index contributed by atoms with van der Waals surface area (Å²) in [5.41, 5.74) is 1.01. The molecule has 3 N–H and O–H groups in total. The van der Waals surface area contributed by atoms with Crippen LogP contribution in [-0.4, -0.2) is 47.8 Å². The summed E-state index contributed by atoms with van der Waals surface area (Å²) in [4.78, 5) is 25.6. The number of fused-ring (bicyclic) bond motifs is 3. The standard InChI is InChI=1S/C12H14N8O2S/c1-17-12(22)18(3-4-21)11-16-9-8(20(11)17)7(15-6-19(9)13)10-14-2-5-23-10/h2,5,21H,3-4,6,13H2,1H3. The minimum atomic E-state index is -0.267. The molecule has 0 saturated carbocycles. The van der Waals surface area contributed by atoms with Crippen molar-refractivity contribution in [3.63, 3.8) is 0 Å². The van der Waals surface area contributed by atoms with Crippen LogP contribution >= 0.6 is 11.3 Å². The highest BCUT2D eigenvalue weighted by molar-refractivity contribution is 7.11. The molecule has 23 heavy (non-hydrogen) atoms. The molecule has 4 rings (SSSR count). The number of nitrogens with zero attached hydrogens (tertiary/aromatic N) is 7. The van der Waals surface area contributed by atoms with E-state index in [-0.39, 0.29) is 25.5 Å². The van der Waals surface area contributed by atoms with E-state index < -0.39 is 0 Å². The highest BCUT2D eigenvalue weighted by Gasteiger charge is 2.30. The molecule has 4 heterocycles. The molecule has 3 aromatic heterocycles. The topological polar surface area (TPSA) is 119 Å². The number of nitrogens with two attached hydrogens (primary N) is 1. The molecule has 11 heteroatoms. The van der Waals surface area contributed by atoms with E-state index in [0.29, 0.717) is 23.0 Å². The first-order valence-electron chi connectivity index (χ1n) is 6.89. The maximum atomic E-state index is 12.4. The Bertz CT molecular complexity index is 964. The minimum absolute atomic E-state index is 0.156. The summed E-state index contributed by atoms with van der Waals surface area (Å²) in [5.74, 6) is 6.93. The number of thiazole rings is 1. The molecule has 0 spiro atoms. The lowest BCUT2D eigenvalue weighted by atomic mass is 10.2. The van der Waals surface area contributed by atoms with Crippen LogP contribution in [0.3, 0.4) is 0 Å². The van der Waals surface area contributed by atoms with Crippen molar-refractivity contribution in [1.29, 1.82) is 0 Å². The molecule has 0 atom stereocenters. The van der Waals surface area contributed by atoms with Gasteiger partial charge in [-0.1, -0.05) is 0 Å². The van der Waals surface area contributed by atoms with Crippen molar-refractivity contribution in [3.8, 4) is 0 Å². The molecule has 0 saturated heterocycles. The van der Waals surface area contributed by atoms with Crippen LogP contribution < -0.4 is 16.5 Å². The van der Waals surface area contributed by atoms with Gasteiger partial charge in [0, 0.05) is 18.6 Å². The molecule has 0 bridgehead atoms. The number of rotatable bonds is 3. The Kier molecular flexibility index (Phi) is 3.07. The second kappa shape index (κ2) is 5.01. The Balaban J connectivity index is 2.06. The average Bonchev–Trinajstić information content (AvgIpc) is 3.23. The van der Waals surface area contributed by atoms with Crippen LogP contribution in [0.1, 0.15) is 10.7 Å². The van der Waals surface area contributed by atoms with Crippen molar-refractivity contribution in [2.24, 2.45) is 17.9 Å². The molecular weight excluding hydrogens is 320 g/mol. The number of aryl methyl sites for hydroxylation is 1. The van der Waals surface area contributed by atoms with Gasteiger partial charge in [0.25, 0.3) is 0 Å².